The molecule has 1 aliphatic carbocycles. The fraction of sp³-hybridized carbons (Fsp3) is 0.522. The molecule has 2 aromatic rings. The molecule has 1 unspecified atom stereocenters. The molecule has 2 nitrogen and oxygen atoms in total. The zero-order valence-electron chi connectivity index (χ0n) is 16.4. The van der Waals surface area contributed by atoms with E-state index < -0.39 is 0 Å². The van der Waals surface area contributed by atoms with E-state index in [1.807, 2.05) is 13.2 Å². The number of hydrogen-bond donors (Lipinski definition) is 0. The Kier molecular flexibility index (Phi) is 4.90. The minimum Gasteiger partial charge on any atom is -0.448 e. The van der Waals surface area contributed by atoms with Crippen molar-refractivity contribution < 1.29 is 4.42 Å². The first-order valence-electron chi connectivity index (χ1n) is 9.60. The normalized spacial score (nSPS) is 22.3. The fourth-order valence-corrected chi connectivity index (χ4v) is 3.95. The summed E-state index contributed by atoms with van der Waals surface area (Å²) < 4.78 is 5.68. The lowest BCUT2D eigenvalue weighted by Gasteiger charge is -2.43. The van der Waals surface area contributed by atoms with Crippen LogP contribution in [0.15, 0.2) is 41.0 Å². The highest BCUT2D eigenvalue weighted by Crippen LogP contribution is 2.48. The van der Waals surface area contributed by atoms with Gasteiger partial charge in [-0.3, -0.25) is 0 Å². The number of oxazole rings is 1. The molecule has 0 N–H and O–H groups in total. The SMILES string of the molecule is C/C=C/CCc1nc(-c2ccc3c(c2)C(C)(CC)CCC3(C)C)co1. The van der Waals surface area contributed by atoms with Crippen molar-refractivity contribution >= 4 is 0 Å². The molecule has 134 valence electrons. The predicted molar refractivity (Wildman–Crippen MR) is 105 cm³/mol. The average Bonchev–Trinajstić information content (AvgIpc) is 3.08. The van der Waals surface area contributed by atoms with Crippen LogP contribution in [0.1, 0.15) is 77.3 Å². The van der Waals surface area contributed by atoms with Crippen LogP contribution in [0.5, 0.6) is 0 Å². The summed E-state index contributed by atoms with van der Waals surface area (Å²) in [5.41, 5.74) is 5.66. The summed E-state index contributed by atoms with van der Waals surface area (Å²) in [5.74, 6) is 0.824. The smallest absolute Gasteiger partial charge is 0.194 e. The maximum atomic E-state index is 5.68. The molecule has 1 atom stereocenters. The van der Waals surface area contributed by atoms with Crippen molar-refractivity contribution in [3.8, 4) is 11.3 Å². The molecule has 1 aliphatic rings. The molecular weight excluding hydrogens is 306 g/mol. The van der Waals surface area contributed by atoms with Crippen molar-refractivity contribution in [2.24, 2.45) is 0 Å². The second-order valence-corrected chi connectivity index (χ2v) is 8.29. The molecule has 1 aromatic carbocycles. The summed E-state index contributed by atoms with van der Waals surface area (Å²) in [6, 6.07) is 6.91. The molecule has 0 amide bonds. The maximum Gasteiger partial charge on any atom is 0.194 e. The monoisotopic (exact) mass is 337 g/mol. The van der Waals surface area contributed by atoms with Crippen LogP contribution < -0.4 is 0 Å². The molecule has 0 fully saturated rings. The Hall–Kier alpha value is -1.83. The molecule has 0 saturated carbocycles. The van der Waals surface area contributed by atoms with Crippen molar-refractivity contribution in [2.45, 2.75) is 77.6 Å². The van der Waals surface area contributed by atoms with Gasteiger partial charge in [-0.15, -0.1) is 0 Å². The quantitative estimate of drug-likeness (QED) is 0.575. The van der Waals surface area contributed by atoms with E-state index in [0.29, 0.717) is 0 Å². The van der Waals surface area contributed by atoms with E-state index in [1.165, 1.54) is 36.0 Å². The number of nitrogens with zero attached hydrogens (tertiary/aromatic N) is 1. The van der Waals surface area contributed by atoms with Crippen molar-refractivity contribution in [3.63, 3.8) is 0 Å². The van der Waals surface area contributed by atoms with E-state index in [4.69, 9.17) is 9.40 Å². The summed E-state index contributed by atoms with van der Waals surface area (Å²) in [6.45, 7) is 11.5. The third-order valence-corrected chi connectivity index (χ3v) is 6.09. The molecule has 0 radical (unpaired) electrons. The number of rotatable bonds is 5. The lowest BCUT2D eigenvalue weighted by atomic mass is 9.61. The summed E-state index contributed by atoms with van der Waals surface area (Å²) in [6.07, 6.45) is 11.5. The summed E-state index contributed by atoms with van der Waals surface area (Å²) in [7, 11) is 0. The summed E-state index contributed by atoms with van der Waals surface area (Å²) in [5, 5.41) is 0. The van der Waals surface area contributed by atoms with Crippen molar-refractivity contribution in [1.29, 1.82) is 0 Å². The first-order chi connectivity index (χ1) is 11.9. The standard InChI is InChI=1S/C23H31NO/c1-6-8-9-10-21-24-20(16-25-21)17-11-12-18-19(15-17)23(5,7-2)14-13-22(18,3)4/h6,8,11-12,15-16H,7,9-10,13-14H2,1-5H3/b8-6+. The summed E-state index contributed by atoms with van der Waals surface area (Å²) >= 11 is 0. The van der Waals surface area contributed by atoms with E-state index in [-0.39, 0.29) is 10.8 Å². The number of aromatic nitrogens is 1. The van der Waals surface area contributed by atoms with Gasteiger partial charge in [-0.05, 0) is 60.6 Å². The molecule has 0 bridgehead atoms. The van der Waals surface area contributed by atoms with Crippen LogP contribution in [-0.2, 0) is 17.3 Å². The molecule has 1 heterocycles. The Morgan fingerprint density at radius 3 is 2.68 bits per heavy atom. The van der Waals surface area contributed by atoms with E-state index in [2.05, 4.69) is 58.0 Å². The lowest BCUT2D eigenvalue weighted by molar-refractivity contribution is 0.305. The van der Waals surface area contributed by atoms with Gasteiger partial charge >= 0.3 is 0 Å². The predicted octanol–water partition coefficient (Wildman–Crippen LogP) is 6.59. The van der Waals surface area contributed by atoms with E-state index in [1.54, 1.807) is 0 Å². The second kappa shape index (κ2) is 6.82. The zero-order valence-corrected chi connectivity index (χ0v) is 16.4. The average molecular weight is 338 g/mol. The van der Waals surface area contributed by atoms with E-state index >= 15 is 0 Å². The molecule has 0 saturated heterocycles. The van der Waals surface area contributed by atoms with Gasteiger partial charge in [0.15, 0.2) is 5.89 Å². The van der Waals surface area contributed by atoms with Gasteiger partial charge in [-0.1, -0.05) is 52.0 Å². The first kappa shape index (κ1) is 18.0. The number of allylic oxidation sites excluding steroid dienone is 2. The second-order valence-electron chi connectivity index (χ2n) is 8.29. The molecule has 2 heteroatoms. The fourth-order valence-electron chi connectivity index (χ4n) is 3.95. The highest BCUT2D eigenvalue weighted by Gasteiger charge is 2.38. The number of benzene rings is 1. The van der Waals surface area contributed by atoms with Crippen molar-refractivity contribution in [2.75, 3.05) is 0 Å². The van der Waals surface area contributed by atoms with Gasteiger partial charge in [0.05, 0.1) is 0 Å². The van der Waals surface area contributed by atoms with E-state index in [9.17, 15) is 0 Å². The van der Waals surface area contributed by atoms with Gasteiger partial charge in [0.25, 0.3) is 0 Å². The Labute approximate surface area is 152 Å². The lowest BCUT2D eigenvalue weighted by Crippen LogP contribution is -2.35. The van der Waals surface area contributed by atoms with Gasteiger partial charge < -0.3 is 4.42 Å². The van der Waals surface area contributed by atoms with Crippen molar-refractivity contribution in [3.05, 3.63) is 53.6 Å². The largest absolute Gasteiger partial charge is 0.448 e. The molecular formula is C23H31NO. The van der Waals surface area contributed by atoms with Crippen LogP contribution in [0.2, 0.25) is 0 Å². The van der Waals surface area contributed by atoms with Crippen LogP contribution in [0, 0.1) is 0 Å². The van der Waals surface area contributed by atoms with E-state index in [0.717, 1.165) is 24.4 Å². The Morgan fingerprint density at radius 1 is 1.16 bits per heavy atom. The van der Waals surface area contributed by atoms with Crippen LogP contribution in [-0.4, -0.2) is 4.98 Å². The van der Waals surface area contributed by atoms with Crippen LogP contribution in [0.25, 0.3) is 11.3 Å². The maximum absolute atomic E-state index is 5.68. The Bertz CT molecular complexity index is 768. The molecule has 0 aliphatic heterocycles. The number of aryl methyl sites for hydroxylation is 1. The molecule has 25 heavy (non-hydrogen) atoms. The van der Waals surface area contributed by atoms with Crippen LogP contribution >= 0.6 is 0 Å². The number of hydrogen-bond acceptors (Lipinski definition) is 2. The van der Waals surface area contributed by atoms with Crippen LogP contribution in [0.3, 0.4) is 0 Å². The Balaban J connectivity index is 1.96. The molecule has 3 rings (SSSR count). The third-order valence-electron chi connectivity index (χ3n) is 6.09. The van der Waals surface area contributed by atoms with Gasteiger partial charge in [-0.2, -0.15) is 0 Å². The Morgan fingerprint density at radius 2 is 1.96 bits per heavy atom. The molecule has 0 spiro atoms. The van der Waals surface area contributed by atoms with Gasteiger partial charge in [0.1, 0.15) is 12.0 Å². The highest BCUT2D eigenvalue weighted by atomic mass is 16.3. The minimum atomic E-state index is 0.254. The highest BCUT2D eigenvalue weighted by molar-refractivity contribution is 5.62. The zero-order chi connectivity index (χ0) is 18.1. The van der Waals surface area contributed by atoms with Gasteiger partial charge in [-0.25, -0.2) is 4.98 Å². The van der Waals surface area contributed by atoms with Gasteiger partial charge in [0.2, 0.25) is 0 Å². The first-order valence-corrected chi connectivity index (χ1v) is 9.60. The third kappa shape index (κ3) is 3.44. The van der Waals surface area contributed by atoms with Crippen LogP contribution in [0.4, 0.5) is 0 Å². The minimum absolute atomic E-state index is 0.254. The van der Waals surface area contributed by atoms with Gasteiger partial charge in [0, 0.05) is 12.0 Å². The molecule has 1 aromatic heterocycles. The van der Waals surface area contributed by atoms with Crippen molar-refractivity contribution in [1.82, 2.24) is 4.98 Å². The number of fused-ring (bicyclic) bond motifs is 1. The topological polar surface area (TPSA) is 26.0 Å². The summed E-state index contributed by atoms with van der Waals surface area (Å²) in [4.78, 5) is 4.71.